The normalized spacial score (nSPS) is 17.3. The quantitative estimate of drug-likeness (QED) is 0.793. The summed E-state index contributed by atoms with van der Waals surface area (Å²) in [4.78, 5) is 12.8. The smallest absolute Gasteiger partial charge is 0.251 e. The molecule has 0 aromatic heterocycles. The number of methoxy groups -OCH3 is 1. The number of fused-ring (bicyclic) bond motifs is 1. The van der Waals surface area contributed by atoms with Gasteiger partial charge in [0.15, 0.2) is 0 Å². The van der Waals surface area contributed by atoms with Crippen LogP contribution < -0.4 is 20.5 Å². The molecule has 0 saturated carbocycles. The van der Waals surface area contributed by atoms with Crippen molar-refractivity contribution in [3.8, 4) is 11.5 Å². The molecule has 2 aromatic rings. The number of carbonyl (C=O) groups is 1. The van der Waals surface area contributed by atoms with Crippen LogP contribution in [0.5, 0.6) is 11.5 Å². The first kappa shape index (κ1) is 19.9. The van der Waals surface area contributed by atoms with Gasteiger partial charge in [-0.25, -0.2) is 0 Å². The SMILES string of the molecule is COc1cc(C(=O)NC2CC(C)(C)Oc3ccc(N)cc32)ccc1C.Cl. The molecule has 3 N–H and O–H groups in total. The summed E-state index contributed by atoms with van der Waals surface area (Å²) in [6.45, 7) is 5.97. The predicted octanol–water partition coefficient (Wildman–Crippen LogP) is 4.04. The molecule has 1 atom stereocenters. The van der Waals surface area contributed by atoms with Crippen LogP contribution in [-0.4, -0.2) is 18.6 Å². The summed E-state index contributed by atoms with van der Waals surface area (Å²) in [5.41, 5.74) is 8.67. The number of carbonyl (C=O) groups excluding carboxylic acids is 1. The maximum atomic E-state index is 12.8. The minimum absolute atomic E-state index is 0. The van der Waals surface area contributed by atoms with Crippen molar-refractivity contribution in [3.05, 3.63) is 53.1 Å². The van der Waals surface area contributed by atoms with Gasteiger partial charge in [0.2, 0.25) is 0 Å². The monoisotopic (exact) mass is 376 g/mol. The van der Waals surface area contributed by atoms with Crippen molar-refractivity contribution in [2.24, 2.45) is 0 Å². The van der Waals surface area contributed by atoms with Crippen LogP contribution in [0.4, 0.5) is 5.69 Å². The number of rotatable bonds is 3. The molecule has 0 bridgehead atoms. The number of hydrogen-bond donors (Lipinski definition) is 2. The third kappa shape index (κ3) is 4.05. The zero-order valence-corrected chi connectivity index (χ0v) is 16.3. The summed E-state index contributed by atoms with van der Waals surface area (Å²) in [6.07, 6.45) is 0.665. The molecular weight excluding hydrogens is 352 g/mol. The Labute approximate surface area is 160 Å². The largest absolute Gasteiger partial charge is 0.496 e. The standard InChI is InChI=1S/C20H24N2O3.ClH/c1-12-5-6-13(9-18(12)24-4)19(23)22-16-11-20(2,3)25-17-8-7-14(21)10-15(16)17;/h5-10,16H,11,21H2,1-4H3,(H,22,23);1H. The minimum atomic E-state index is -0.369. The Balaban J connectivity index is 0.00000243. The third-order valence-corrected chi connectivity index (χ3v) is 4.47. The first-order valence-corrected chi connectivity index (χ1v) is 8.33. The van der Waals surface area contributed by atoms with E-state index >= 15 is 0 Å². The van der Waals surface area contributed by atoms with Crippen molar-refractivity contribution in [1.29, 1.82) is 0 Å². The highest BCUT2D eigenvalue weighted by Crippen LogP contribution is 2.40. The lowest BCUT2D eigenvalue weighted by atomic mass is 9.89. The lowest BCUT2D eigenvalue weighted by Gasteiger charge is -2.38. The number of halogens is 1. The van der Waals surface area contributed by atoms with Gasteiger partial charge in [0.25, 0.3) is 5.91 Å². The van der Waals surface area contributed by atoms with E-state index in [1.165, 1.54) is 0 Å². The third-order valence-electron chi connectivity index (χ3n) is 4.47. The Morgan fingerprint density at radius 2 is 2.00 bits per heavy atom. The van der Waals surface area contributed by atoms with Gasteiger partial charge in [0.1, 0.15) is 17.1 Å². The summed E-state index contributed by atoms with van der Waals surface area (Å²) in [5, 5.41) is 3.11. The van der Waals surface area contributed by atoms with Crippen molar-refractivity contribution in [2.45, 2.75) is 38.8 Å². The summed E-state index contributed by atoms with van der Waals surface area (Å²) >= 11 is 0. The molecular formula is C20H25ClN2O3. The fourth-order valence-corrected chi connectivity index (χ4v) is 3.20. The Kier molecular flexibility index (Phi) is 5.71. The maximum absolute atomic E-state index is 12.8. The highest BCUT2D eigenvalue weighted by molar-refractivity contribution is 5.95. The molecule has 2 aromatic carbocycles. The topological polar surface area (TPSA) is 73.6 Å². The van der Waals surface area contributed by atoms with Gasteiger partial charge in [-0.3, -0.25) is 4.79 Å². The minimum Gasteiger partial charge on any atom is -0.496 e. The molecule has 1 amide bonds. The fourth-order valence-electron chi connectivity index (χ4n) is 3.20. The first-order valence-electron chi connectivity index (χ1n) is 8.33. The van der Waals surface area contributed by atoms with E-state index in [9.17, 15) is 4.79 Å². The van der Waals surface area contributed by atoms with Gasteiger partial charge in [0.05, 0.1) is 13.2 Å². The number of aryl methyl sites for hydroxylation is 1. The van der Waals surface area contributed by atoms with Crippen LogP contribution in [0.2, 0.25) is 0 Å². The van der Waals surface area contributed by atoms with Gasteiger partial charge >= 0.3 is 0 Å². The highest BCUT2D eigenvalue weighted by atomic mass is 35.5. The van der Waals surface area contributed by atoms with Gasteiger partial charge < -0.3 is 20.5 Å². The molecule has 1 unspecified atom stereocenters. The van der Waals surface area contributed by atoms with E-state index in [0.717, 1.165) is 16.9 Å². The molecule has 1 heterocycles. The second kappa shape index (κ2) is 7.46. The Hall–Kier alpha value is -2.40. The van der Waals surface area contributed by atoms with Crippen molar-refractivity contribution in [3.63, 3.8) is 0 Å². The molecule has 26 heavy (non-hydrogen) atoms. The number of amides is 1. The van der Waals surface area contributed by atoms with E-state index in [1.54, 1.807) is 19.2 Å². The lowest BCUT2D eigenvalue weighted by molar-refractivity contribution is 0.0620. The molecule has 0 aliphatic carbocycles. The van der Waals surface area contributed by atoms with E-state index in [0.29, 0.717) is 23.4 Å². The Morgan fingerprint density at radius 3 is 2.69 bits per heavy atom. The van der Waals surface area contributed by atoms with Crippen LogP contribution >= 0.6 is 12.4 Å². The van der Waals surface area contributed by atoms with Crippen LogP contribution in [0.15, 0.2) is 36.4 Å². The highest BCUT2D eigenvalue weighted by Gasteiger charge is 2.34. The number of nitrogens with one attached hydrogen (secondary N) is 1. The number of benzene rings is 2. The lowest BCUT2D eigenvalue weighted by Crippen LogP contribution is -2.41. The Bertz CT molecular complexity index is 821. The average molecular weight is 377 g/mol. The molecule has 0 fully saturated rings. The van der Waals surface area contributed by atoms with Crippen molar-refractivity contribution >= 4 is 24.0 Å². The average Bonchev–Trinajstić information content (AvgIpc) is 2.55. The van der Waals surface area contributed by atoms with Gasteiger partial charge in [-0.2, -0.15) is 0 Å². The molecule has 0 spiro atoms. The van der Waals surface area contributed by atoms with E-state index in [1.807, 2.05) is 45.0 Å². The summed E-state index contributed by atoms with van der Waals surface area (Å²) in [7, 11) is 1.60. The van der Waals surface area contributed by atoms with Gasteiger partial charge in [-0.15, -0.1) is 12.4 Å². The molecule has 1 aliphatic heterocycles. The van der Waals surface area contributed by atoms with E-state index in [4.69, 9.17) is 15.2 Å². The van der Waals surface area contributed by atoms with Crippen LogP contribution in [0.1, 0.15) is 47.8 Å². The van der Waals surface area contributed by atoms with E-state index < -0.39 is 0 Å². The van der Waals surface area contributed by atoms with Gasteiger partial charge in [-0.1, -0.05) is 6.07 Å². The van der Waals surface area contributed by atoms with Gasteiger partial charge in [0, 0.05) is 23.2 Å². The molecule has 5 nitrogen and oxygen atoms in total. The molecule has 6 heteroatoms. The van der Waals surface area contributed by atoms with Crippen molar-refractivity contribution < 1.29 is 14.3 Å². The summed E-state index contributed by atoms with van der Waals surface area (Å²) < 4.78 is 11.3. The second-order valence-electron chi connectivity index (χ2n) is 7.07. The molecule has 140 valence electrons. The van der Waals surface area contributed by atoms with Crippen molar-refractivity contribution in [1.82, 2.24) is 5.32 Å². The summed E-state index contributed by atoms with van der Waals surface area (Å²) in [6, 6.07) is 10.8. The molecule has 0 saturated heterocycles. The Morgan fingerprint density at radius 1 is 1.27 bits per heavy atom. The van der Waals surface area contributed by atoms with Gasteiger partial charge in [-0.05, 0) is 56.7 Å². The van der Waals surface area contributed by atoms with Crippen LogP contribution in [0, 0.1) is 6.92 Å². The van der Waals surface area contributed by atoms with E-state index in [2.05, 4.69) is 5.32 Å². The summed E-state index contributed by atoms with van der Waals surface area (Å²) in [5.74, 6) is 1.32. The number of nitrogens with two attached hydrogens (primary N) is 1. The van der Waals surface area contributed by atoms with Crippen LogP contribution in [0.25, 0.3) is 0 Å². The maximum Gasteiger partial charge on any atom is 0.251 e. The van der Waals surface area contributed by atoms with E-state index in [-0.39, 0.29) is 30.0 Å². The first-order chi connectivity index (χ1) is 11.8. The van der Waals surface area contributed by atoms with Crippen LogP contribution in [-0.2, 0) is 0 Å². The molecule has 0 radical (unpaired) electrons. The molecule has 1 aliphatic rings. The number of nitrogen functional groups attached to an aromatic ring is 1. The molecule has 3 rings (SSSR count). The number of ether oxygens (including phenoxy) is 2. The zero-order valence-electron chi connectivity index (χ0n) is 15.5. The predicted molar refractivity (Wildman–Crippen MR) is 105 cm³/mol. The number of anilines is 1. The van der Waals surface area contributed by atoms with Crippen LogP contribution in [0.3, 0.4) is 0 Å². The zero-order chi connectivity index (χ0) is 18.2. The second-order valence-corrected chi connectivity index (χ2v) is 7.07. The fraction of sp³-hybridized carbons (Fsp3) is 0.350. The van der Waals surface area contributed by atoms with Crippen molar-refractivity contribution in [2.75, 3.05) is 12.8 Å². The number of hydrogen-bond acceptors (Lipinski definition) is 4.